The molecule has 1 aromatic rings. The number of carbonyl (C=O) groups is 3. The SMILES string of the molecule is CCCCCCCN1CCN(c2ccc3c(c2)C(=O)N(C2CCC(=O)NC2=O)C3)CC1. The van der Waals surface area contributed by atoms with Gasteiger partial charge in [0.05, 0.1) is 0 Å². The Morgan fingerprint density at radius 1 is 1.00 bits per heavy atom. The number of rotatable bonds is 8. The lowest BCUT2D eigenvalue weighted by molar-refractivity contribution is -0.136. The van der Waals surface area contributed by atoms with E-state index in [0.29, 0.717) is 18.5 Å². The molecule has 31 heavy (non-hydrogen) atoms. The average Bonchev–Trinajstić information content (AvgIpc) is 3.10. The Morgan fingerprint density at radius 2 is 1.77 bits per heavy atom. The van der Waals surface area contributed by atoms with E-state index in [-0.39, 0.29) is 24.1 Å². The molecule has 1 atom stereocenters. The van der Waals surface area contributed by atoms with Gasteiger partial charge in [-0.05, 0) is 37.1 Å². The first-order chi connectivity index (χ1) is 15.1. The van der Waals surface area contributed by atoms with Gasteiger partial charge in [-0.3, -0.25) is 24.6 Å². The smallest absolute Gasteiger partial charge is 0.255 e. The number of nitrogens with zero attached hydrogens (tertiary/aromatic N) is 3. The zero-order valence-electron chi connectivity index (χ0n) is 18.6. The van der Waals surface area contributed by atoms with Gasteiger partial charge < -0.3 is 9.80 Å². The number of carbonyl (C=O) groups excluding carboxylic acids is 3. The van der Waals surface area contributed by atoms with Gasteiger partial charge in [-0.1, -0.05) is 38.7 Å². The van der Waals surface area contributed by atoms with Crippen molar-refractivity contribution in [1.29, 1.82) is 0 Å². The minimum atomic E-state index is -0.554. The molecule has 0 spiro atoms. The number of imide groups is 1. The van der Waals surface area contributed by atoms with Crippen LogP contribution < -0.4 is 10.2 Å². The summed E-state index contributed by atoms with van der Waals surface area (Å²) in [6, 6.07) is 5.56. The minimum Gasteiger partial charge on any atom is -0.369 e. The van der Waals surface area contributed by atoms with Crippen LogP contribution in [0.1, 0.15) is 67.8 Å². The van der Waals surface area contributed by atoms with Gasteiger partial charge in [-0.2, -0.15) is 0 Å². The van der Waals surface area contributed by atoms with Gasteiger partial charge in [0.15, 0.2) is 0 Å². The zero-order chi connectivity index (χ0) is 21.8. The second kappa shape index (κ2) is 9.81. The number of piperazine rings is 1. The Balaban J connectivity index is 1.32. The summed E-state index contributed by atoms with van der Waals surface area (Å²) in [4.78, 5) is 43.2. The normalized spacial score (nSPS) is 22.1. The summed E-state index contributed by atoms with van der Waals surface area (Å²) in [6.07, 6.45) is 7.25. The molecule has 0 bridgehead atoms. The zero-order valence-corrected chi connectivity index (χ0v) is 18.6. The number of fused-ring (bicyclic) bond motifs is 1. The van der Waals surface area contributed by atoms with Gasteiger partial charge in [0.25, 0.3) is 5.91 Å². The van der Waals surface area contributed by atoms with Crippen LogP contribution in [-0.4, -0.2) is 66.3 Å². The highest BCUT2D eigenvalue weighted by Gasteiger charge is 2.39. The van der Waals surface area contributed by atoms with Crippen LogP contribution in [0.2, 0.25) is 0 Å². The van der Waals surface area contributed by atoms with Crippen molar-refractivity contribution in [3.05, 3.63) is 29.3 Å². The van der Waals surface area contributed by atoms with Crippen LogP contribution in [0.5, 0.6) is 0 Å². The van der Waals surface area contributed by atoms with Gasteiger partial charge in [-0.15, -0.1) is 0 Å². The van der Waals surface area contributed by atoms with Gasteiger partial charge in [0, 0.05) is 50.4 Å². The molecule has 2 fully saturated rings. The van der Waals surface area contributed by atoms with E-state index in [2.05, 4.69) is 28.1 Å². The lowest BCUT2D eigenvalue weighted by Gasteiger charge is -2.36. The number of unbranched alkanes of at least 4 members (excludes halogenated alkanes) is 4. The van der Waals surface area contributed by atoms with Gasteiger partial charge >= 0.3 is 0 Å². The lowest BCUT2D eigenvalue weighted by Crippen LogP contribution is -2.52. The Kier molecular flexibility index (Phi) is 6.90. The molecule has 3 heterocycles. The van der Waals surface area contributed by atoms with Crippen LogP contribution in [0.25, 0.3) is 0 Å². The third-order valence-electron chi connectivity index (χ3n) is 6.83. The summed E-state index contributed by atoms with van der Waals surface area (Å²) in [5, 5.41) is 2.36. The maximum absolute atomic E-state index is 13.0. The quantitative estimate of drug-likeness (QED) is 0.511. The Hall–Kier alpha value is -2.41. The predicted molar refractivity (Wildman–Crippen MR) is 120 cm³/mol. The minimum absolute atomic E-state index is 0.0999. The molecule has 0 aromatic heterocycles. The molecule has 168 valence electrons. The van der Waals surface area contributed by atoms with Gasteiger partial charge in [0.2, 0.25) is 11.8 Å². The number of nitrogens with one attached hydrogen (secondary N) is 1. The van der Waals surface area contributed by atoms with Crippen LogP contribution >= 0.6 is 0 Å². The van der Waals surface area contributed by atoms with Crippen LogP contribution in [0.4, 0.5) is 5.69 Å². The molecule has 3 aliphatic rings. The molecule has 4 rings (SSSR count). The predicted octanol–water partition coefficient (Wildman–Crippen LogP) is 2.54. The second-order valence-corrected chi connectivity index (χ2v) is 8.98. The fourth-order valence-corrected chi connectivity index (χ4v) is 4.91. The van der Waals surface area contributed by atoms with E-state index in [1.807, 2.05) is 12.1 Å². The molecule has 0 saturated carbocycles. The fraction of sp³-hybridized carbons (Fsp3) is 0.625. The summed E-state index contributed by atoms with van der Waals surface area (Å²) in [5.74, 6) is -0.715. The average molecular weight is 427 g/mol. The highest BCUT2D eigenvalue weighted by atomic mass is 16.2. The standard InChI is InChI=1S/C24H34N4O3/c1-2-3-4-5-6-11-26-12-14-27(15-13-26)19-8-7-18-17-28(24(31)20(18)16-19)21-9-10-22(29)25-23(21)30/h7-8,16,21H,2-6,9-15,17H2,1H3,(H,25,29,30). The molecule has 0 aliphatic carbocycles. The van der Waals surface area contributed by atoms with Crippen molar-refractivity contribution in [3.63, 3.8) is 0 Å². The topological polar surface area (TPSA) is 73.0 Å². The largest absolute Gasteiger partial charge is 0.369 e. The van der Waals surface area contributed by atoms with Crippen molar-refractivity contribution in [2.24, 2.45) is 0 Å². The Labute approximate surface area is 184 Å². The third-order valence-corrected chi connectivity index (χ3v) is 6.83. The first kappa shape index (κ1) is 21.8. The van der Waals surface area contributed by atoms with Crippen molar-refractivity contribution in [2.45, 2.75) is 64.5 Å². The molecule has 0 radical (unpaired) electrons. The fourth-order valence-electron chi connectivity index (χ4n) is 4.91. The molecule has 1 N–H and O–H groups in total. The highest BCUT2D eigenvalue weighted by Crippen LogP contribution is 2.31. The van der Waals surface area contributed by atoms with E-state index in [1.54, 1.807) is 4.90 Å². The van der Waals surface area contributed by atoms with E-state index in [1.165, 1.54) is 38.6 Å². The maximum atomic E-state index is 13.0. The molecule has 1 unspecified atom stereocenters. The Morgan fingerprint density at radius 3 is 2.52 bits per heavy atom. The maximum Gasteiger partial charge on any atom is 0.255 e. The lowest BCUT2D eigenvalue weighted by atomic mass is 10.0. The van der Waals surface area contributed by atoms with Crippen LogP contribution in [-0.2, 0) is 16.1 Å². The van der Waals surface area contributed by atoms with Gasteiger partial charge in [0.1, 0.15) is 6.04 Å². The number of piperidine rings is 1. The number of benzene rings is 1. The number of anilines is 1. The number of hydrogen-bond acceptors (Lipinski definition) is 5. The van der Waals surface area contributed by atoms with E-state index in [4.69, 9.17) is 0 Å². The molecule has 3 amide bonds. The molecular formula is C24H34N4O3. The van der Waals surface area contributed by atoms with E-state index < -0.39 is 6.04 Å². The molecule has 7 nitrogen and oxygen atoms in total. The molecule has 2 saturated heterocycles. The van der Waals surface area contributed by atoms with Crippen LogP contribution in [0, 0.1) is 0 Å². The second-order valence-electron chi connectivity index (χ2n) is 8.98. The van der Waals surface area contributed by atoms with Crippen molar-refractivity contribution >= 4 is 23.4 Å². The van der Waals surface area contributed by atoms with Crippen molar-refractivity contribution in [2.75, 3.05) is 37.6 Å². The van der Waals surface area contributed by atoms with Crippen molar-refractivity contribution in [3.8, 4) is 0 Å². The van der Waals surface area contributed by atoms with Crippen LogP contribution in [0.15, 0.2) is 18.2 Å². The summed E-state index contributed by atoms with van der Waals surface area (Å²) < 4.78 is 0. The monoisotopic (exact) mass is 426 g/mol. The highest BCUT2D eigenvalue weighted by molar-refractivity contribution is 6.05. The molecule has 7 heteroatoms. The molecule has 1 aromatic carbocycles. The van der Waals surface area contributed by atoms with E-state index in [0.717, 1.165) is 37.4 Å². The van der Waals surface area contributed by atoms with Crippen molar-refractivity contribution < 1.29 is 14.4 Å². The number of amides is 3. The molecular weight excluding hydrogens is 392 g/mol. The van der Waals surface area contributed by atoms with Crippen molar-refractivity contribution in [1.82, 2.24) is 15.1 Å². The number of hydrogen-bond donors (Lipinski definition) is 1. The summed E-state index contributed by atoms with van der Waals surface area (Å²) in [6.45, 7) is 7.92. The first-order valence-electron chi connectivity index (χ1n) is 11.8. The first-order valence-corrected chi connectivity index (χ1v) is 11.8. The third kappa shape index (κ3) is 4.92. The van der Waals surface area contributed by atoms with E-state index >= 15 is 0 Å². The van der Waals surface area contributed by atoms with Gasteiger partial charge in [-0.25, -0.2) is 0 Å². The van der Waals surface area contributed by atoms with E-state index in [9.17, 15) is 14.4 Å². The summed E-state index contributed by atoms with van der Waals surface area (Å²) >= 11 is 0. The Bertz CT molecular complexity index is 832. The summed E-state index contributed by atoms with van der Waals surface area (Å²) in [7, 11) is 0. The van der Waals surface area contributed by atoms with Crippen LogP contribution in [0.3, 0.4) is 0 Å². The molecule has 3 aliphatic heterocycles. The summed E-state index contributed by atoms with van der Waals surface area (Å²) in [5.41, 5.74) is 2.74.